The van der Waals surface area contributed by atoms with Crippen LogP contribution in [0.15, 0.2) is 65.1 Å². The van der Waals surface area contributed by atoms with Crippen LogP contribution >= 0.6 is 22.9 Å². The minimum Gasteiger partial charge on any atom is -0.486 e. The van der Waals surface area contributed by atoms with E-state index in [-0.39, 0.29) is 5.91 Å². The first-order chi connectivity index (χ1) is 12.7. The van der Waals surface area contributed by atoms with Crippen LogP contribution in [-0.2, 0) is 13.2 Å². The highest BCUT2D eigenvalue weighted by Gasteiger charge is 2.18. The third kappa shape index (κ3) is 4.74. The van der Waals surface area contributed by atoms with E-state index in [1.807, 2.05) is 17.5 Å². The van der Waals surface area contributed by atoms with Crippen molar-refractivity contribution >= 4 is 28.8 Å². The van der Waals surface area contributed by atoms with Crippen LogP contribution in [0.4, 0.5) is 0 Å². The molecule has 0 N–H and O–H groups in total. The fourth-order valence-corrected chi connectivity index (χ4v) is 3.19. The van der Waals surface area contributed by atoms with Gasteiger partial charge in [0, 0.05) is 16.9 Å². The highest BCUT2D eigenvalue weighted by atomic mass is 35.5. The van der Waals surface area contributed by atoms with Gasteiger partial charge in [-0.15, -0.1) is 17.9 Å². The number of nitrogens with zero attached hydrogens (tertiary/aromatic N) is 2. The number of carbonyl (C=O) groups is 1. The van der Waals surface area contributed by atoms with Crippen molar-refractivity contribution in [3.05, 3.63) is 82.2 Å². The molecule has 5 nitrogen and oxygen atoms in total. The largest absolute Gasteiger partial charge is 0.486 e. The van der Waals surface area contributed by atoms with Gasteiger partial charge >= 0.3 is 0 Å². The molecule has 3 rings (SSSR count). The molecule has 26 heavy (non-hydrogen) atoms. The predicted molar refractivity (Wildman–Crippen MR) is 102 cm³/mol. The zero-order valence-electron chi connectivity index (χ0n) is 13.9. The van der Waals surface area contributed by atoms with E-state index in [4.69, 9.17) is 20.8 Å². The van der Waals surface area contributed by atoms with Crippen LogP contribution in [0.3, 0.4) is 0 Å². The van der Waals surface area contributed by atoms with E-state index in [2.05, 4.69) is 11.6 Å². The van der Waals surface area contributed by atoms with Gasteiger partial charge in [-0.25, -0.2) is 4.98 Å². The van der Waals surface area contributed by atoms with Gasteiger partial charge in [0.2, 0.25) is 0 Å². The summed E-state index contributed by atoms with van der Waals surface area (Å²) in [5, 5.41) is 3.37. The van der Waals surface area contributed by atoms with Crippen LogP contribution in [0.25, 0.3) is 0 Å². The maximum absolute atomic E-state index is 12.5. The number of hydrogen-bond acceptors (Lipinski definition) is 5. The molecular formula is C19H17ClN2O3S. The zero-order valence-corrected chi connectivity index (χ0v) is 15.5. The summed E-state index contributed by atoms with van der Waals surface area (Å²) in [4.78, 5) is 18.6. The van der Waals surface area contributed by atoms with Crippen molar-refractivity contribution in [2.75, 3.05) is 6.54 Å². The highest BCUT2D eigenvalue weighted by molar-refractivity contribution is 7.09. The Balaban J connectivity index is 1.62. The third-order valence-corrected chi connectivity index (χ3v) is 4.59. The number of amides is 1. The molecule has 1 aromatic carbocycles. The summed E-state index contributed by atoms with van der Waals surface area (Å²) >= 11 is 7.43. The average Bonchev–Trinajstić information content (AvgIpc) is 3.31. The van der Waals surface area contributed by atoms with Crippen molar-refractivity contribution in [2.45, 2.75) is 13.2 Å². The quantitative estimate of drug-likeness (QED) is 0.520. The Morgan fingerprint density at radius 1 is 1.38 bits per heavy atom. The standard InChI is InChI=1S/C19H17ClN2O3S/c1-2-8-22(19(23)17-7-4-9-24-17)11-15-13-26-18(21-15)12-25-16-6-3-5-14(20)10-16/h2-7,9-10,13H,1,8,11-12H2. The van der Waals surface area contributed by atoms with Gasteiger partial charge in [-0.1, -0.05) is 23.7 Å². The molecule has 0 saturated heterocycles. The Morgan fingerprint density at radius 3 is 3.00 bits per heavy atom. The van der Waals surface area contributed by atoms with Gasteiger partial charge in [-0.05, 0) is 30.3 Å². The molecule has 2 heterocycles. The Kier molecular flexibility index (Phi) is 6.09. The number of benzene rings is 1. The van der Waals surface area contributed by atoms with Gasteiger partial charge < -0.3 is 14.1 Å². The smallest absolute Gasteiger partial charge is 0.290 e. The lowest BCUT2D eigenvalue weighted by molar-refractivity contribution is 0.0729. The number of rotatable bonds is 8. The number of thiazole rings is 1. The molecular weight excluding hydrogens is 372 g/mol. The van der Waals surface area contributed by atoms with Crippen LogP contribution < -0.4 is 4.74 Å². The molecule has 0 unspecified atom stereocenters. The number of carbonyl (C=O) groups excluding carboxylic acids is 1. The summed E-state index contributed by atoms with van der Waals surface area (Å²) in [6, 6.07) is 10.5. The van der Waals surface area contributed by atoms with E-state index in [1.54, 1.807) is 35.2 Å². The Hall–Kier alpha value is -2.57. The van der Waals surface area contributed by atoms with E-state index in [9.17, 15) is 4.79 Å². The second-order valence-corrected chi connectivity index (χ2v) is 6.81. The molecule has 0 aliphatic heterocycles. The molecule has 7 heteroatoms. The van der Waals surface area contributed by atoms with Gasteiger partial charge in [-0.2, -0.15) is 0 Å². The molecule has 0 radical (unpaired) electrons. The molecule has 0 spiro atoms. The van der Waals surface area contributed by atoms with E-state index in [0.29, 0.717) is 36.2 Å². The molecule has 3 aromatic rings. The van der Waals surface area contributed by atoms with Crippen LogP contribution in [0, 0.1) is 0 Å². The molecule has 0 atom stereocenters. The predicted octanol–water partition coefficient (Wildman–Crippen LogP) is 4.80. The molecule has 134 valence electrons. The van der Waals surface area contributed by atoms with Gasteiger partial charge in [-0.3, -0.25) is 4.79 Å². The maximum atomic E-state index is 12.5. The number of ether oxygens (including phenoxy) is 1. The Bertz CT molecular complexity index is 877. The van der Waals surface area contributed by atoms with Crippen molar-refractivity contribution < 1.29 is 13.9 Å². The topological polar surface area (TPSA) is 55.6 Å². The normalized spacial score (nSPS) is 10.5. The van der Waals surface area contributed by atoms with Crippen LogP contribution in [0.5, 0.6) is 5.75 Å². The van der Waals surface area contributed by atoms with Gasteiger partial charge in [0.15, 0.2) is 5.76 Å². The second kappa shape index (κ2) is 8.69. The number of furan rings is 1. The van der Waals surface area contributed by atoms with Crippen LogP contribution in [0.1, 0.15) is 21.3 Å². The fourth-order valence-electron chi connectivity index (χ4n) is 2.32. The average molecular weight is 389 g/mol. The number of halogens is 1. The Labute approximate surface area is 160 Å². The van der Waals surface area contributed by atoms with E-state index in [1.165, 1.54) is 17.6 Å². The summed E-state index contributed by atoms with van der Waals surface area (Å²) in [5.41, 5.74) is 0.793. The minimum atomic E-state index is -0.195. The molecule has 0 fully saturated rings. The second-order valence-electron chi connectivity index (χ2n) is 5.43. The molecule has 0 bridgehead atoms. The fraction of sp³-hybridized carbons (Fsp3) is 0.158. The van der Waals surface area contributed by atoms with Crippen molar-refractivity contribution in [3.8, 4) is 5.75 Å². The summed E-state index contributed by atoms with van der Waals surface area (Å²) in [6.45, 7) is 4.84. The first kappa shape index (κ1) is 18.2. The van der Waals surface area contributed by atoms with E-state index in [0.717, 1.165) is 10.7 Å². The number of aromatic nitrogens is 1. The van der Waals surface area contributed by atoms with Gasteiger partial charge in [0.25, 0.3) is 5.91 Å². The summed E-state index contributed by atoms with van der Waals surface area (Å²) in [7, 11) is 0. The van der Waals surface area contributed by atoms with Crippen LogP contribution in [-0.4, -0.2) is 22.3 Å². The Morgan fingerprint density at radius 2 is 2.27 bits per heavy atom. The summed E-state index contributed by atoms with van der Waals surface area (Å²) in [6.07, 6.45) is 3.16. The zero-order chi connectivity index (χ0) is 18.4. The first-order valence-electron chi connectivity index (χ1n) is 7.91. The van der Waals surface area contributed by atoms with E-state index >= 15 is 0 Å². The van der Waals surface area contributed by atoms with Gasteiger partial charge in [0.1, 0.15) is 17.4 Å². The van der Waals surface area contributed by atoms with Crippen LogP contribution in [0.2, 0.25) is 5.02 Å². The van der Waals surface area contributed by atoms with Crippen molar-refractivity contribution in [1.29, 1.82) is 0 Å². The highest BCUT2D eigenvalue weighted by Crippen LogP contribution is 2.20. The monoisotopic (exact) mass is 388 g/mol. The molecule has 2 aromatic heterocycles. The van der Waals surface area contributed by atoms with Crippen molar-refractivity contribution in [1.82, 2.24) is 9.88 Å². The van der Waals surface area contributed by atoms with Gasteiger partial charge in [0.05, 0.1) is 18.5 Å². The lowest BCUT2D eigenvalue weighted by Crippen LogP contribution is -2.30. The summed E-state index contributed by atoms with van der Waals surface area (Å²) in [5.74, 6) is 0.793. The van der Waals surface area contributed by atoms with Crippen molar-refractivity contribution in [3.63, 3.8) is 0 Å². The van der Waals surface area contributed by atoms with Crippen molar-refractivity contribution in [2.24, 2.45) is 0 Å². The lowest BCUT2D eigenvalue weighted by Gasteiger charge is -2.18. The summed E-state index contributed by atoms with van der Waals surface area (Å²) < 4.78 is 10.9. The molecule has 1 amide bonds. The SMILES string of the molecule is C=CCN(Cc1csc(COc2cccc(Cl)c2)n1)C(=O)c1ccco1. The molecule has 0 aliphatic rings. The maximum Gasteiger partial charge on any atom is 0.290 e. The van der Waals surface area contributed by atoms with E-state index < -0.39 is 0 Å². The lowest BCUT2D eigenvalue weighted by atomic mass is 10.3. The third-order valence-electron chi connectivity index (χ3n) is 3.48. The first-order valence-corrected chi connectivity index (χ1v) is 9.17. The molecule has 0 saturated carbocycles. The minimum absolute atomic E-state index is 0.195. The molecule has 0 aliphatic carbocycles. The number of hydrogen-bond donors (Lipinski definition) is 0.